The van der Waals surface area contributed by atoms with Gasteiger partial charge in [-0.15, -0.1) is 0 Å². The second-order valence-corrected chi connectivity index (χ2v) is 7.01. The number of carbonyl (C=O) groups is 2. The number of ketones is 2. The van der Waals surface area contributed by atoms with E-state index < -0.39 is 0 Å². The van der Waals surface area contributed by atoms with Crippen molar-refractivity contribution in [2.75, 3.05) is 20.3 Å². The van der Waals surface area contributed by atoms with E-state index in [9.17, 15) is 9.59 Å². The number of hydrogen-bond acceptors (Lipinski definition) is 6. The van der Waals surface area contributed by atoms with E-state index in [0.717, 1.165) is 5.56 Å². The van der Waals surface area contributed by atoms with E-state index in [1.165, 1.54) is 0 Å². The van der Waals surface area contributed by atoms with Crippen molar-refractivity contribution < 1.29 is 28.5 Å². The summed E-state index contributed by atoms with van der Waals surface area (Å²) in [5.41, 5.74) is 1.72. The molecule has 0 saturated carbocycles. The van der Waals surface area contributed by atoms with Gasteiger partial charge in [-0.2, -0.15) is 0 Å². The Morgan fingerprint density at radius 1 is 0.969 bits per heavy atom. The molecule has 0 bridgehead atoms. The van der Waals surface area contributed by atoms with Gasteiger partial charge in [-0.1, -0.05) is 18.2 Å². The van der Waals surface area contributed by atoms with Gasteiger partial charge in [-0.05, 0) is 55.5 Å². The van der Waals surface area contributed by atoms with Gasteiger partial charge in [0.15, 0.2) is 18.1 Å². The number of Topliss-reactive ketones (excluding diaryl/α,β-unsaturated/α-hetero) is 2. The summed E-state index contributed by atoms with van der Waals surface area (Å²) in [4.78, 5) is 25.1. The molecule has 6 nitrogen and oxygen atoms in total. The lowest BCUT2D eigenvalue weighted by atomic mass is 10.1. The molecule has 4 rings (SSSR count). The van der Waals surface area contributed by atoms with Crippen molar-refractivity contribution in [1.82, 2.24) is 0 Å². The molecule has 0 radical (unpaired) electrons. The van der Waals surface area contributed by atoms with Gasteiger partial charge in [-0.3, -0.25) is 9.59 Å². The first-order valence-corrected chi connectivity index (χ1v) is 10.2. The monoisotopic (exact) mass is 430 g/mol. The van der Waals surface area contributed by atoms with E-state index in [-0.39, 0.29) is 23.9 Å². The maximum Gasteiger partial charge on any atom is 0.231 e. The third-order valence-corrected chi connectivity index (χ3v) is 4.93. The minimum atomic E-state index is -0.216. The summed E-state index contributed by atoms with van der Waals surface area (Å²) in [5.74, 6) is 2.01. The zero-order valence-corrected chi connectivity index (χ0v) is 17.8. The van der Waals surface area contributed by atoms with Crippen molar-refractivity contribution in [2.24, 2.45) is 0 Å². The van der Waals surface area contributed by atoms with Crippen molar-refractivity contribution in [1.29, 1.82) is 0 Å². The maximum absolute atomic E-state index is 12.7. The van der Waals surface area contributed by atoms with Crippen LogP contribution in [0.15, 0.2) is 72.5 Å². The van der Waals surface area contributed by atoms with Gasteiger partial charge >= 0.3 is 0 Å². The number of hydrogen-bond donors (Lipinski definition) is 0. The molecule has 32 heavy (non-hydrogen) atoms. The van der Waals surface area contributed by atoms with Crippen molar-refractivity contribution in [3.05, 3.63) is 89.2 Å². The molecule has 0 amide bonds. The number of para-hydroxylation sites is 1. The highest BCUT2D eigenvalue weighted by molar-refractivity contribution is 6.14. The average Bonchev–Trinajstić information content (AvgIpc) is 3.13. The first kappa shape index (κ1) is 21.2. The summed E-state index contributed by atoms with van der Waals surface area (Å²) in [7, 11) is 1.57. The van der Waals surface area contributed by atoms with Gasteiger partial charge in [-0.25, -0.2) is 0 Å². The fraction of sp³-hybridized carbons (Fsp3) is 0.154. The Labute approximate surface area is 186 Å². The average molecular weight is 430 g/mol. The van der Waals surface area contributed by atoms with Gasteiger partial charge in [0.1, 0.15) is 23.0 Å². The molecule has 1 aliphatic heterocycles. The molecule has 0 unspecified atom stereocenters. The van der Waals surface area contributed by atoms with Crippen molar-refractivity contribution >= 4 is 17.6 Å². The van der Waals surface area contributed by atoms with Crippen LogP contribution >= 0.6 is 0 Å². The van der Waals surface area contributed by atoms with Gasteiger partial charge in [0.25, 0.3) is 0 Å². The van der Waals surface area contributed by atoms with Crippen LogP contribution in [0.25, 0.3) is 6.08 Å². The molecule has 0 spiro atoms. The molecule has 3 aromatic carbocycles. The molecule has 1 aliphatic rings. The lowest BCUT2D eigenvalue weighted by molar-refractivity contribution is 0.0920. The molecule has 0 fully saturated rings. The van der Waals surface area contributed by atoms with Crippen LogP contribution in [0.4, 0.5) is 0 Å². The molecule has 0 aliphatic carbocycles. The van der Waals surface area contributed by atoms with Crippen LogP contribution in [-0.2, 0) is 0 Å². The summed E-state index contributed by atoms with van der Waals surface area (Å²) < 4.78 is 22.1. The molecule has 0 N–H and O–H groups in total. The van der Waals surface area contributed by atoms with E-state index in [1.807, 2.05) is 31.2 Å². The van der Waals surface area contributed by atoms with Gasteiger partial charge in [0.2, 0.25) is 5.78 Å². The second-order valence-electron chi connectivity index (χ2n) is 7.01. The summed E-state index contributed by atoms with van der Waals surface area (Å²) in [6.45, 7) is 2.28. The molecule has 0 saturated heterocycles. The van der Waals surface area contributed by atoms with Crippen LogP contribution in [0.3, 0.4) is 0 Å². The van der Waals surface area contributed by atoms with E-state index in [0.29, 0.717) is 40.7 Å². The minimum Gasteiger partial charge on any atom is -0.497 e. The first-order valence-electron chi connectivity index (χ1n) is 10.2. The molecule has 162 valence electrons. The van der Waals surface area contributed by atoms with E-state index >= 15 is 0 Å². The fourth-order valence-electron chi connectivity index (χ4n) is 3.29. The van der Waals surface area contributed by atoms with Crippen molar-refractivity contribution in [3.8, 4) is 23.0 Å². The topological polar surface area (TPSA) is 71.1 Å². The quantitative estimate of drug-likeness (QED) is 0.371. The van der Waals surface area contributed by atoms with Crippen molar-refractivity contribution in [2.45, 2.75) is 6.92 Å². The normalized spacial score (nSPS) is 13.4. The highest BCUT2D eigenvalue weighted by Gasteiger charge is 2.28. The third kappa shape index (κ3) is 4.49. The number of fused-ring (bicyclic) bond motifs is 1. The van der Waals surface area contributed by atoms with Gasteiger partial charge in [0.05, 0.1) is 19.3 Å². The standard InChI is InChI=1S/C26H22O6/c1-3-30-23-7-5-4-6-18(23)14-25-26(28)21-13-12-20(15-24(21)32-25)31-16-22(27)17-8-10-19(29-2)11-9-17/h4-15H,3,16H2,1-2H3/b25-14-. The van der Waals surface area contributed by atoms with Crippen LogP contribution in [0.2, 0.25) is 0 Å². The fourth-order valence-corrected chi connectivity index (χ4v) is 3.29. The number of methoxy groups -OCH3 is 1. The van der Waals surface area contributed by atoms with E-state index in [2.05, 4.69) is 0 Å². The second kappa shape index (κ2) is 9.39. The molecule has 3 aromatic rings. The minimum absolute atomic E-state index is 0.135. The molecular formula is C26H22O6. The number of benzene rings is 3. The Kier molecular flexibility index (Phi) is 6.22. The summed E-state index contributed by atoms with van der Waals surface area (Å²) in [5, 5.41) is 0. The lowest BCUT2D eigenvalue weighted by Crippen LogP contribution is -2.11. The summed E-state index contributed by atoms with van der Waals surface area (Å²) in [6.07, 6.45) is 1.67. The number of allylic oxidation sites excluding steroid dienone is 1. The maximum atomic E-state index is 12.7. The first-order chi connectivity index (χ1) is 15.6. The lowest BCUT2D eigenvalue weighted by Gasteiger charge is -2.08. The van der Waals surface area contributed by atoms with Gasteiger partial charge in [0, 0.05) is 17.2 Å². The number of ether oxygens (including phenoxy) is 4. The van der Waals surface area contributed by atoms with E-state index in [1.54, 1.807) is 55.7 Å². The van der Waals surface area contributed by atoms with Crippen LogP contribution in [0.5, 0.6) is 23.0 Å². The highest BCUT2D eigenvalue weighted by Crippen LogP contribution is 2.35. The molecule has 1 heterocycles. The summed E-state index contributed by atoms with van der Waals surface area (Å²) in [6, 6.07) is 19.2. The molecular weight excluding hydrogens is 408 g/mol. The predicted molar refractivity (Wildman–Crippen MR) is 120 cm³/mol. The Morgan fingerprint density at radius 2 is 1.72 bits per heavy atom. The Hall–Kier alpha value is -4.06. The Morgan fingerprint density at radius 3 is 2.47 bits per heavy atom. The van der Waals surface area contributed by atoms with Crippen molar-refractivity contribution in [3.63, 3.8) is 0 Å². The zero-order chi connectivity index (χ0) is 22.5. The van der Waals surface area contributed by atoms with Crippen LogP contribution < -0.4 is 18.9 Å². The Bertz CT molecular complexity index is 1180. The molecule has 6 heteroatoms. The molecule has 0 aromatic heterocycles. The third-order valence-electron chi connectivity index (χ3n) is 4.93. The van der Waals surface area contributed by atoms with E-state index in [4.69, 9.17) is 18.9 Å². The number of rotatable bonds is 8. The number of carbonyl (C=O) groups excluding carboxylic acids is 2. The largest absolute Gasteiger partial charge is 0.497 e. The summed E-state index contributed by atoms with van der Waals surface area (Å²) >= 11 is 0. The van der Waals surface area contributed by atoms with Gasteiger partial charge < -0.3 is 18.9 Å². The Balaban J connectivity index is 1.46. The zero-order valence-electron chi connectivity index (χ0n) is 17.8. The van der Waals surface area contributed by atoms with Crippen LogP contribution in [0, 0.1) is 0 Å². The smallest absolute Gasteiger partial charge is 0.231 e. The SMILES string of the molecule is CCOc1ccccc1/C=C1\Oc2cc(OCC(=O)c3ccc(OC)cc3)ccc2C1=O. The predicted octanol–water partition coefficient (Wildman–Crippen LogP) is 4.97. The molecule has 0 atom stereocenters. The highest BCUT2D eigenvalue weighted by atomic mass is 16.5. The van der Waals surface area contributed by atoms with Crippen LogP contribution in [-0.4, -0.2) is 31.9 Å². The van der Waals surface area contributed by atoms with Crippen LogP contribution in [0.1, 0.15) is 33.2 Å².